The van der Waals surface area contributed by atoms with Crippen LogP contribution in [0, 0.1) is 12.8 Å². The van der Waals surface area contributed by atoms with Crippen LogP contribution in [-0.2, 0) is 4.79 Å². The molecular weight excluding hydrogens is 330 g/mol. The van der Waals surface area contributed by atoms with Gasteiger partial charge in [-0.2, -0.15) is 0 Å². The van der Waals surface area contributed by atoms with Crippen LogP contribution < -0.4 is 5.32 Å². The minimum Gasteiger partial charge on any atom is -0.469 e. The summed E-state index contributed by atoms with van der Waals surface area (Å²) in [7, 11) is 0. The molecule has 1 fully saturated rings. The van der Waals surface area contributed by atoms with E-state index >= 15 is 0 Å². The summed E-state index contributed by atoms with van der Waals surface area (Å²) < 4.78 is 5.19. The van der Waals surface area contributed by atoms with Gasteiger partial charge in [-0.05, 0) is 38.0 Å². The number of carbonyl (C=O) groups is 2. The topological polar surface area (TPSA) is 75.4 Å². The Morgan fingerprint density at radius 2 is 2.21 bits per heavy atom. The first-order valence-electron chi connectivity index (χ1n) is 7.80. The fourth-order valence-electron chi connectivity index (χ4n) is 2.83. The standard InChI is InChI=1S/C17H18ClN3O3/c1-11-14(6-8-24-11)17(23)21-7-2-3-12(10-21)16(22)20-15-5-4-13(18)9-19-15/h4-6,8-9,12H,2-3,7,10H2,1H3,(H,19,20,22)/t12-/m0/s1. The number of likely N-dealkylation sites (tertiary alicyclic amines) is 1. The third-order valence-electron chi connectivity index (χ3n) is 4.15. The Morgan fingerprint density at radius 1 is 1.38 bits per heavy atom. The van der Waals surface area contributed by atoms with E-state index in [0.717, 1.165) is 12.8 Å². The number of nitrogens with one attached hydrogen (secondary N) is 1. The van der Waals surface area contributed by atoms with Gasteiger partial charge in [-0.1, -0.05) is 11.6 Å². The molecule has 24 heavy (non-hydrogen) atoms. The number of furan rings is 1. The molecule has 1 aliphatic rings. The predicted octanol–water partition coefficient (Wildman–Crippen LogP) is 3.13. The zero-order valence-corrected chi connectivity index (χ0v) is 14.0. The fourth-order valence-corrected chi connectivity index (χ4v) is 2.94. The number of anilines is 1. The number of pyridine rings is 1. The molecule has 1 aliphatic heterocycles. The molecule has 0 radical (unpaired) electrons. The third kappa shape index (κ3) is 3.59. The van der Waals surface area contributed by atoms with Gasteiger partial charge in [0.2, 0.25) is 5.91 Å². The molecule has 0 spiro atoms. The van der Waals surface area contributed by atoms with Crippen LogP contribution >= 0.6 is 11.6 Å². The molecule has 3 heterocycles. The second-order valence-electron chi connectivity index (χ2n) is 5.83. The second-order valence-corrected chi connectivity index (χ2v) is 6.27. The van der Waals surface area contributed by atoms with E-state index in [1.165, 1.54) is 12.5 Å². The summed E-state index contributed by atoms with van der Waals surface area (Å²) in [5.41, 5.74) is 0.551. The first-order valence-corrected chi connectivity index (χ1v) is 8.18. The maximum absolute atomic E-state index is 12.6. The lowest BCUT2D eigenvalue weighted by molar-refractivity contribution is -0.121. The van der Waals surface area contributed by atoms with E-state index in [2.05, 4.69) is 10.3 Å². The maximum atomic E-state index is 12.6. The van der Waals surface area contributed by atoms with Crippen LogP contribution in [0.1, 0.15) is 29.0 Å². The lowest BCUT2D eigenvalue weighted by Gasteiger charge is -2.31. The minimum absolute atomic E-state index is 0.0941. The lowest BCUT2D eigenvalue weighted by atomic mass is 9.96. The van der Waals surface area contributed by atoms with Crippen molar-refractivity contribution in [1.82, 2.24) is 9.88 Å². The average molecular weight is 348 g/mol. The van der Waals surface area contributed by atoms with Crippen molar-refractivity contribution in [2.75, 3.05) is 18.4 Å². The van der Waals surface area contributed by atoms with Gasteiger partial charge in [0.05, 0.1) is 22.8 Å². The third-order valence-corrected chi connectivity index (χ3v) is 4.37. The van der Waals surface area contributed by atoms with Gasteiger partial charge in [-0.25, -0.2) is 4.98 Å². The highest BCUT2D eigenvalue weighted by atomic mass is 35.5. The number of carbonyl (C=O) groups excluding carboxylic acids is 2. The van der Waals surface area contributed by atoms with Crippen LogP contribution in [0.15, 0.2) is 35.1 Å². The SMILES string of the molecule is Cc1occc1C(=O)N1CCC[C@H](C(=O)Nc2ccc(Cl)cn2)C1. The minimum atomic E-state index is -0.257. The van der Waals surface area contributed by atoms with Crippen LogP contribution in [0.4, 0.5) is 5.82 Å². The molecule has 7 heteroatoms. The maximum Gasteiger partial charge on any atom is 0.257 e. The highest BCUT2D eigenvalue weighted by Gasteiger charge is 2.30. The molecule has 3 rings (SSSR count). The van der Waals surface area contributed by atoms with Crippen molar-refractivity contribution in [3.63, 3.8) is 0 Å². The molecule has 126 valence electrons. The van der Waals surface area contributed by atoms with Crippen LogP contribution in [0.25, 0.3) is 0 Å². The highest BCUT2D eigenvalue weighted by molar-refractivity contribution is 6.30. The summed E-state index contributed by atoms with van der Waals surface area (Å²) in [5, 5.41) is 3.29. The highest BCUT2D eigenvalue weighted by Crippen LogP contribution is 2.22. The van der Waals surface area contributed by atoms with Gasteiger partial charge in [0.25, 0.3) is 5.91 Å². The molecule has 1 N–H and O–H groups in total. The van der Waals surface area contributed by atoms with Gasteiger partial charge in [-0.3, -0.25) is 9.59 Å². The molecule has 0 bridgehead atoms. The van der Waals surface area contributed by atoms with Crippen molar-refractivity contribution in [1.29, 1.82) is 0 Å². The van der Waals surface area contributed by atoms with Gasteiger partial charge in [0.15, 0.2) is 0 Å². The lowest BCUT2D eigenvalue weighted by Crippen LogP contribution is -2.43. The largest absolute Gasteiger partial charge is 0.469 e. The Balaban J connectivity index is 1.64. The van der Waals surface area contributed by atoms with Crippen molar-refractivity contribution in [3.05, 3.63) is 47.0 Å². The Kier molecular flexibility index (Phi) is 4.85. The molecule has 0 saturated carbocycles. The van der Waals surface area contributed by atoms with Crippen molar-refractivity contribution in [2.24, 2.45) is 5.92 Å². The van der Waals surface area contributed by atoms with E-state index in [1.54, 1.807) is 30.0 Å². The van der Waals surface area contributed by atoms with Gasteiger partial charge in [0.1, 0.15) is 11.6 Å². The van der Waals surface area contributed by atoms with Gasteiger partial charge >= 0.3 is 0 Å². The molecule has 1 saturated heterocycles. The van der Waals surface area contributed by atoms with E-state index in [0.29, 0.717) is 35.3 Å². The quantitative estimate of drug-likeness (QED) is 0.925. The summed E-state index contributed by atoms with van der Waals surface area (Å²) in [6, 6.07) is 4.99. The summed E-state index contributed by atoms with van der Waals surface area (Å²) in [6.07, 6.45) is 4.51. The number of halogens is 1. The average Bonchev–Trinajstić information content (AvgIpc) is 3.02. The van der Waals surface area contributed by atoms with Crippen LogP contribution in [-0.4, -0.2) is 34.8 Å². The van der Waals surface area contributed by atoms with E-state index in [4.69, 9.17) is 16.0 Å². The molecule has 2 aromatic rings. The molecule has 1 atom stereocenters. The fraction of sp³-hybridized carbons (Fsp3) is 0.353. The van der Waals surface area contributed by atoms with Crippen LogP contribution in [0.5, 0.6) is 0 Å². The Hall–Kier alpha value is -2.34. The number of aryl methyl sites for hydroxylation is 1. The Bertz CT molecular complexity index is 742. The second kappa shape index (κ2) is 7.05. The first kappa shape index (κ1) is 16.5. The monoisotopic (exact) mass is 347 g/mol. The number of nitrogens with zero attached hydrogens (tertiary/aromatic N) is 2. The zero-order valence-electron chi connectivity index (χ0n) is 13.3. The summed E-state index contributed by atoms with van der Waals surface area (Å²) in [5.74, 6) is 0.567. The van der Waals surface area contributed by atoms with E-state index in [1.807, 2.05) is 0 Å². The summed E-state index contributed by atoms with van der Waals surface area (Å²) in [4.78, 5) is 30.8. The smallest absolute Gasteiger partial charge is 0.257 e. The van der Waals surface area contributed by atoms with Gasteiger partial charge < -0.3 is 14.6 Å². The Labute approximate surface area is 144 Å². The predicted molar refractivity (Wildman–Crippen MR) is 89.9 cm³/mol. The molecular formula is C17H18ClN3O3. The number of aromatic nitrogens is 1. The summed E-state index contributed by atoms with van der Waals surface area (Å²) >= 11 is 5.79. The van der Waals surface area contributed by atoms with Crippen molar-refractivity contribution in [2.45, 2.75) is 19.8 Å². The zero-order chi connectivity index (χ0) is 17.1. The van der Waals surface area contributed by atoms with Crippen LogP contribution in [0.2, 0.25) is 5.02 Å². The van der Waals surface area contributed by atoms with E-state index < -0.39 is 0 Å². The number of amides is 2. The van der Waals surface area contributed by atoms with Crippen molar-refractivity contribution >= 4 is 29.2 Å². The molecule has 2 amide bonds. The number of hydrogen-bond donors (Lipinski definition) is 1. The number of hydrogen-bond acceptors (Lipinski definition) is 4. The normalized spacial score (nSPS) is 17.6. The number of rotatable bonds is 3. The molecule has 0 aromatic carbocycles. The van der Waals surface area contributed by atoms with Crippen LogP contribution in [0.3, 0.4) is 0 Å². The molecule has 0 unspecified atom stereocenters. The molecule has 0 aliphatic carbocycles. The van der Waals surface area contributed by atoms with Gasteiger partial charge in [0, 0.05) is 19.3 Å². The number of piperidine rings is 1. The van der Waals surface area contributed by atoms with Crippen molar-refractivity contribution < 1.29 is 14.0 Å². The first-order chi connectivity index (χ1) is 11.5. The summed E-state index contributed by atoms with van der Waals surface area (Å²) in [6.45, 7) is 2.79. The van der Waals surface area contributed by atoms with Gasteiger partial charge in [-0.15, -0.1) is 0 Å². The Morgan fingerprint density at radius 3 is 2.88 bits per heavy atom. The molecule has 2 aromatic heterocycles. The van der Waals surface area contributed by atoms with E-state index in [9.17, 15) is 9.59 Å². The van der Waals surface area contributed by atoms with E-state index in [-0.39, 0.29) is 17.7 Å². The van der Waals surface area contributed by atoms with Crippen molar-refractivity contribution in [3.8, 4) is 0 Å². The molecule has 6 nitrogen and oxygen atoms in total.